The van der Waals surface area contributed by atoms with E-state index in [0.29, 0.717) is 12.3 Å². The van der Waals surface area contributed by atoms with Gasteiger partial charge in [-0.3, -0.25) is 14.4 Å². The number of nitrogens with one attached hydrogen (secondary N) is 1. The van der Waals surface area contributed by atoms with E-state index in [4.69, 9.17) is 5.11 Å². The molecule has 0 radical (unpaired) electrons. The molecule has 21 heavy (non-hydrogen) atoms. The van der Waals surface area contributed by atoms with Gasteiger partial charge in [0, 0.05) is 31.7 Å². The number of carboxylic acids is 1. The number of carbonyl (C=O) groups excluding carboxylic acids is 3. The largest absolute Gasteiger partial charge is 0.480 e. The van der Waals surface area contributed by atoms with Gasteiger partial charge in [-0.2, -0.15) is 0 Å². The second kappa shape index (κ2) is 8.50. The number of thioether (sulfide) groups is 1. The number of carboxylic acid groups (broad SMARTS) is 1. The van der Waals surface area contributed by atoms with Crippen molar-refractivity contribution in [2.75, 3.05) is 26.0 Å². The van der Waals surface area contributed by atoms with E-state index in [1.807, 2.05) is 0 Å². The van der Waals surface area contributed by atoms with Gasteiger partial charge in [0.1, 0.15) is 6.04 Å². The van der Waals surface area contributed by atoms with E-state index < -0.39 is 23.9 Å². The molecule has 9 heteroatoms. The van der Waals surface area contributed by atoms with Crippen molar-refractivity contribution in [2.24, 2.45) is 0 Å². The monoisotopic (exact) mass is 318 g/mol. The number of hydrogen-bond acceptors (Lipinski definition) is 6. The van der Waals surface area contributed by atoms with E-state index >= 15 is 0 Å². The van der Waals surface area contributed by atoms with Gasteiger partial charge in [0.15, 0.2) is 0 Å². The van der Waals surface area contributed by atoms with Gasteiger partial charge in [0.05, 0.1) is 7.11 Å². The van der Waals surface area contributed by atoms with Crippen LogP contribution >= 0.6 is 11.8 Å². The van der Waals surface area contributed by atoms with Crippen molar-refractivity contribution in [1.82, 2.24) is 10.2 Å². The summed E-state index contributed by atoms with van der Waals surface area (Å²) in [6, 6.07) is -1.14. The Bertz CT molecular complexity index is 428. The lowest BCUT2D eigenvalue weighted by Crippen LogP contribution is -2.42. The minimum atomic E-state index is -1.21. The van der Waals surface area contributed by atoms with Gasteiger partial charge in [0.25, 0.3) is 5.24 Å². The zero-order valence-corrected chi connectivity index (χ0v) is 12.5. The number of amides is 2. The molecule has 8 nitrogen and oxygen atoms in total. The van der Waals surface area contributed by atoms with Crippen LogP contribution in [-0.2, 0) is 19.1 Å². The van der Waals surface area contributed by atoms with Crippen LogP contribution in [-0.4, -0.2) is 65.1 Å². The third-order valence-corrected chi connectivity index (χ3v) is 3.84. The Kier molecular flexibility index (Phi) is 7.00. The van der Waals surface area contributed by atoms with Gasteiger partial charge in [0.2, 0.25) is 5.91 Å². The van der Waals surface area contributed by atoms with E-state index in [9.17, 15) is 19.2 Å². The normalized spacial score (nSPS) is 15.7. The van der Waals surface area contributed by atoms with E-state index in [1.165, 1.54) is 18.9 Å². The maximum Gasteiger partial charge on any atom is 0.326 e. The Hall–Kier alpha value is -1.77. The third kappa shape index (κ3) is 6.03. The number of carbonyl (C=O) groups is 4. The molecule has 0 spiro atoms. The average molecular weight is 318 g/mol. The molecular formula is C12H18N2O6S. The Morgan fingerprint density at radius 1 is 1.43 bits per heavy atom. The van der Waals surface area contributed by atoms with E-state index in [-0.39, 0.29) is 31.0 Å². The van der Waals surface area contributed by atoms with Crippen molar-refractivity contribution >= 4 is 34.8 Å². The first-order valence-electron chi connectivity index (χ1n) is 6.44. The predicted molar refractivity (Wildman–Crippen MR) is 74.9 cm³/mol. The van der Waals surface area contributed by atoms with Crippen molar-refractivity contribution in [3.05, 3.63) is 0 Å². The number of aliphatic carboxylic acids is 1. The molecule has 0 bridgehead atoms. The zero-order chi connectivity index (χ0) is 15.8. The average Bonchev–Trinajstić information content (AvgIpc) is 2.85. The Morgan fingerprint density at radius 2 is 2.14 bits per heavy atom. The molecule has 0 aliphatic carbocycles. The van der Waals surface area contributed by atoms with Crippen LogP contribution in [0.15, 0.2) is 0 Å². The Morgan fingerprint density at radius 3 is 2.67 bits per heavy atom. The highest BCUT2D eigenvalue weighted by molar-refractivity contribution is 8.13. The molecule has 118 valence electrons. The first kappa shape index (κ1) is 17.3. The van der Waals surface area contributed by atoms with Gasteiger partial charge < -0.3 is 20.1 Å². The molecular weight excluding hydrogens is 300 g/mol. The fraction of sp³-hybridized carbons (Fsp3) is 0.667. The van der Waals surface area contributed by atoms with Crippen LogP contribution in [0.5, 0.6) is 0 Å². The summed E-state index contributed by atoms with van der Waals surface area (Å²) in [6.45, 7) is 0.864. The van der Waals surface area contributed by atoms with Crippen LogP contribution < -0.4 is 5.32 Å². The zero-order valence-electron chi connectivity index (χ0n) is 11.7. The summed E-state index contributed by atoms with van der Waals surface area (Å²) in [4.78, 5) is 46.6. The molecule has 2 N–H and O–H groups in total. The van der Waals surface area contributed by atoms with Gasteiger partial charge in [-0.25, -0.2) is 4.79 Å². The molecule has 0 aromatic rings. The molecule has 0 saturated carbocycles. The molecule has 0 aromatic heterocycles. The van der Waals surface area contributed by atoms with Crippen LogP contribution in [0.4, 0.5) is 4.79 Å². The minimum absolute atomic E-state index is 0.0355. The molecule has 1 rings (SSSR count). The van der Waals surface area contributed by atoms with Gasteiger partial charge >= 0.3 is 11.9 Å². The molecule has 1 aliphatic heterocycles. The van der Waals surface area contributed by atoms with Gasteiger partial charge in [-0.1, -0.05) is 11.8 Å². The number of nitrogens with zero attached hydrogens (tertiary/aromatic N) is 1. The molecule has 0 aromatic carbocycles. The fourth-order valence-corrected chi connectivity index (χ4v) is 2.60. The lowest BCUT2D eigenvalue weighted by Gasteiger charge is -2.16. The summed E-state index contributed by atoms with van der Waals surface area (Å²) in [7, 11) is 1.21. The summed E-state index contributed by atoms with van der Waals surface area (Å²) >= 11 is 1.20. The minimum Gasteiger partial charge on any atom is -0.480 e. The molecule has 1 aliphatic rings. The van der Waals surface area contributed by atoms with Crippen molar-refractivity contribution < 1.29 is 29.0 Å². The highest BCUT2D eigenvalue weighted by atomic mass is 32.2. The van der Waals surface area contributed by atoms with Crippen LogP contribution in [0.25, 0.3) is 0 Å². The van der Waals surface area contributed by atoms with Crippen LogP contribution in [0.1, 0.15) is 19.3 Å². The predicted octanol–water partition coefficient (Wildman–Crippen LogP) is 0.0679. The van der Waals surface area contributed by atoms with Crippen molar-refractivity contribution in [2.45, 2.75) is 25.3 Å². The Labute approximate surface area is 126 Å². The second-order valence-corrected chi connectivity index (χ2v) is 5.47. The first-order chi connectivity index (χ1) is 9.93. The highest BCUT2D eigenvalue weighted by Gasteiger charge is 2.24. The van der Waals surface area contributed by atoms with E-state index in [0.717, 1.165) is 0 Å². The summed E-state index contributed by atoms with van der Waals surface area (Å²) in [5, 5.41) is 11.3. The quantitative estimate of drug-likeness (QED) is 0.609. The van der Waals surface area contributed by atoms with E-state index in [1.54, 1.807) is 4.90 Å². The van der Waals surface area contributed by atoms with Gasteiger partial charge in [-0.05, 0) is 6.42 Å². The maximum absolute atomic E-state index is 11.7. The lowest BCUT2D eigenvalue weighted by atomic mass is 10.1. The standard InChI is InChI=1S/C12H18N2O6S/c1-20-10(16)3-2-8(11(17)18)13-9(15)4-5-14-6-7-21-12(14)19/h8H,2-7H2,1H3,(H,13,15)(H,17,18). The summed E-state index contributed by atoms with van der Waals surface area (Å²) in [5.74, 6) is -1.50. The number of hydrogen-bond donors (Lipinski definition) is 2. The fourth-order valence-electron chi connectivity index (χ4n) is 1.75. The molecule has 1 fully saturated rings. The topological polar surface area (TPSA) is 113 Å². The smallest absolute Gasteiger partial charge is 0.326 e. The van der Waals surface area contributed by atoms with Crippen LogP contribution in [0, 0.1) is 0 Å². The SMILES string of the molecule is COC(=O)CCC(NC(=O)CCN1CCSC1=O)C(=O)O. The summed E-state index contributed by atoms with van der Waals surface area (Å²) in [5.41, 5.74) is 0. The van der Waals surface area contributed by atoms with Crippen molar-refractivity contribution in [3.63, 3.8) is 0 Å². The first-order valence-corrected chi connectivity index (χ1v) is 7.43. The molecule has 1 atom stereocenters. The van der Waals surface area contributed by atoms with E-state index in [2.05, 4.69) is 10.1 Å². The molecule has 2 amide bonds. The van der Waals surface area contributed by atoms with Crippen LogP contribution in [0.2, 0.25) is 0 Å². The number of methoxy groups -OCH3 is 1. The lowest BCUT2D eigenvalue weighted by molar-refractivity contribution is -0.144. The number of ether oxygens (including phenoxy) is 1. The Balaban J connectivity index is 2.36. The van der Waals surface area contributed by atoms with Gasteiger partial charge in [-0.15, -0.1) is 0 Å². The van der Waals surface area contributed by atoms with Crippen molar-refractivity contribution in [1.29, 1.82) is 0 Å². The second-order valence-electron chi connectivity index (χ2n) is 4.42. The molecule has 1 saturated heterocycles. The molecule has 1 heterocycles. The molecule has 1 unspecified atom stereocenters. The summed E-state index contributed by atoms with van der Waals surface area (Å²) < 4.78 is 4.42. The highest BCUT2D eigenvalue weighted by Crippen LogP contribution is 2.17. The number of esters is 1. The third-order valence-electron chi connectivity index (χ3n) is 2.95. The maximum atomic E-state index is 11.7. The summed E-state index contributed by atoms with van der Waals surface area (Å²) in [6.07, 6.45) is -0.0878. The number of rotatable bonds is 8. The van der Waals surface area contributed by atoms with Crippen LogP contribution in [0.3, 0.4) is 0 Å². The van der Waals surface area contributed by atoms with Crippen molar-refractivity contribution in [3.8, 4) is 0 Å².